The maximum absolute atomic E-state index is 12.7. The highest BCUT2D eigenvalue weighted by Gasteiger charge is 2.42. The summed E-state index contributed by atoms with van der Waals surface area (Å²) in [6.07, 6.45) is 0.980. The summed E-state index contributed by atoms with van der Waals surface area (Å²) >= 11 is 0. The third kappa shape index (κ3) is 5.72. The first-order valence-corrected chi connectivity index (χ1v) is 9.07. The van der Waals surface area contributed by atoms with Crippen LogP contribution in [0, 0.1) is 0 Å². The molecule has 1 amide bonds. The van der Waals surface area contributed by atoms with Gasteiger partial charge in [0.15, 0.2) is 11.9 Å². The Morgan fingerprint density at radius 1 is 1.26 bits per heavy atom. The van der Waals surface area contributed by atoms with Crippen LogP contribution in [0.1, 0.15) is 39.7 Å². The zero-order valence-corrected chi connectivity index (χ0v) is 16.3. The molecule has 27 heavy (non-hydrogen) atoms. The van der Waals surface area contributed by atoms with Gasteiger partial charge in [-0.2, -0.15) is 0 Å². The van der Waals surface area contributed by atoms with E-state index >= 15 is 0 Å². The van der Waals surface area contributed by atoms with Crippen molar-refractivity contribution < 1.29 is 23.8 Å². The quantitative estimate of drug-likeness (QED) is 0.768. The van der Waals surface area contributed by atoms with Gasteiger partial charge in [-0.25, -0.2) is 14.5 Å². The maximum Gasteiger partial charge on any atom is 0.418 e. The first-order valence-electron chi connectivity index (χ1n) is 9.07. The molecule has 0 aromatic heterocycles. The summed E-state index contributed by atoms with van der Waals surface area (Å²) in [5.41, 5.74) is 6.70. The van der Waals surface area contributed by atoms with Crippen LogP contribution in [0.15, 0.2) is 42.3 Å². The summed E-state index contributed by atoms with van der Waals surface area (Å²) < 4.78 is 16.0. The number of aryl methyl sites for hydroxylation is 1. The van der Waals surface area contributed by atoms with E-state index in [1.165, 1.54) is 6.26 Å². The van der Waals surface area contributed by atoms with E-state index < -0.39 is 29.9 Å². The number of esters is 1. The molecule has 2 rings (SSSR count). The SMILES string of the molecule is CCOC(=O)C1=COC([C@H](N)CCc2ccccc2)N1C(=O)OC(C)(C)C. The Morgan fingerprint density at radius 2 is 1.93 bits per heavy atom. The molecule has 0 aliphatic carbocycles. The fourth-order valence-electron chi connectivity index (χ4n) is 2.67. The molecule has 0 saturated heterocycles. The molecule has 1 heterocycles. The van der Waals surface area contributed by atoms with E-state index in [9.17, 15) is 9.59 Å². The predicted octanol–water partition coefficient (Wildman–Crippen LogP) is 2.94. The van der Waals surface area contributed by atoms with E-state index in [-0.39, 0.29) is 12.3 Å². The van der Waals surface area contributed by atoms with E-state index in [1.54, 1.807) is 27.7 Å². The average molecular weight is 376 g/mol. The lowest BCUT2D eigenvalue weighted by Gasteiger charge is -2.31. The highest BCUT2D eigenvalue weighted by Crippen LogP contribution is 2.27. The van der Waals surface area contributed by atoms with Crippen LogP contribution in [0.2, 0.25) is 0 Å². The first-order chi connectivity index (χ1) is 12.7. The van der Waals surface area contributed by atoms with Crippen molar-refractivity contribution in [1.29, 1.82) is 0 Å². The van der Waals surface area contributed by atoms with E-state index in [0.717, 1.165) is 16.9 Å². The molecule has 1 aliphatic heterocycles. The van der Waals surface area contributed by atoms with E-state index in [0.29, 0.717) is 6.42 Å². The Hall–Kier alpha value is -2.54. The molecule has 0 bridgehead atoms. The number of ether oxygens (including phenoxy) is 3. The Labute approximate surface area is 160 Å². The van der Waals surface area contributed by atoms with Crippen LogP contribution in [0.3, 0.4) is 0 Å². The van der Waals surface area contributed by atoms with Crippen LogP contribution in [0.5, 0.6) is 0 Å². The van der Waals surface area contributed by atoms with Crippen molar-refractivity contribution in [2.24, 2.45) is 5.73 Å². The summed E-state index contributed by atoms with van der Waals surface area (Å²) in [7, 11) is 0. The van der Waals surface area contributed by atoms with Gasteiger partial charge in [-0.05, 0) is 46.1 Å². The standard InChI is InChI=1S/C20H28N2O5/c1-5-25-18(23)16-13-26-17(22(16)19(24)27-20(2,3)4)15(21)12-11-14-9-7-6-8-10-14/h6-10,13,15,17H,5,11-12,21H2,1-4H3/t15-,17?/m1/s1. The highest BCUT2D eigenvalue weighted by atomic mass is 16.6. The van der Waals surface area contributed by atoms with Gasteiger partial charge in [0.2, 0.25) is 0 Å². The molecule has 0 radical (unpaired) electrons. The van der Waals surface area contributed by atoms with Crippen molar-refractivity contribution in [3.05, 3.63) is 47.9 Å². The Bertz CT molecular complexity index is 681. The monoisotopic (exact) mass is 376 g/mol. The maximum atomic E-state index is 12.7. The van der Waals surface area contributed by atoms with Crippen molar-refractivity contribution in [3.63, 3.8) is 0 Å². The molecule has 7 nitrogen and oxygen atoms in total. The van der Waals surface area contributed by atoms with Gasteiger partial charge in [-0.15, -0.1) is 0 Å². The molecule has 2 atom stereocenters. The van der Waals surface area contributed by atoms with Gasteiger partial charge in [0, 0.05) is 0 Å². The minimum Gasteiger partial charge on any atom is -0.473 e. The van der Waals surface area contributed by atoms with Crippen LogP contribution in [0.25, 0.3) is 0 Å². The van der Waals surface area contributed by atoms with Crippen LogP contribution in [0.4, 0.5) is 4.79 Å². The topological polar surface area (TPSA) is 91.1 Å². The third-order valence-corrected chi connectivity index (χ3v) is 3.88. The minimum atomic E-state index is -0.831. The molecule has 1 unspecified atom stereocenters. The zero-order valence-electron chi connectivity index (χ0n) is 16.3. The van der Waals surface area contributed by atoms with Crippen molar-refractivity contribution in [2.45, 2.75) is 58.4 Å². The second kappa shape index (κ2) is 8.90. The molecule has 1 aliphatic rings. The molecule has 148 valence electrons. The first kappa shape index (κ1) is 20.8. The van der Waals surface area contributed by atoms with Gasteiger partial charge in [-0.3, -0.25) is 0 Å². The molecular weight excluding hydrogens is 348 g/mol. The molecule has 1 aromatic carbocycles. The number of nitrogens with two attached hydrogens (primary N) is 1. The largest absolute Gasteiger partial charge is 0.473 e. The number of hydrogen-bond donors (Lipinski definition) is 1. The van der Waals surface area contributed by atoms with Gasteiger partial charge in [-0.1, -0.05) is 30.3 Å². The Kier molecular flexibility index (Phi) is 6.85. The fourth-order valence-corrected chi connectivity index (χ4v) is 2.67. The number of benzene rings is 1. The van der Waals surface area contributed by atoms with Crippen molar-refractivity contribution >= 4 is 12.1 Å². The summed E-state index contributed by atoms with van der Waals surface area (Å²) in [4.78, 5) is 26.1. The number of amides is 1. The second-order valence-electron chi connectivity index (χ2n) is 7.29. The van der Waals surface area contributed by atoms with Crippen molar-refractivity contribution in [1.82, 2.24) is 4.90 Å². The molecule has 0 fully saturated rings. The number of carbonyl (C=O) groups excluding carboxylic acids is 2. The molecule has 0 spiro atoms. The number of carbonyl (C=O) groups is 2. The lowest BCUT2D eigenvalue weighted by atomic mass is 10.0. The molecule has 2 N–H and O–H groups in total. The smallest absolute Gasteiger partial charge is 0.418 e. The summed E-state index contributed by atoms with van der Waals surface area (Å²) in [5.74, 6) is -0.652. The van der Waals surface area contributed by atoms with Crippen LogP contribution in [-0.4, -0.2) is 41.4 Å². The van der Waals surface area contributed by atoms with Crippen LogP contribution >= 0.6 is 0 Å². The predicted molar refractivity (Wildman–Crippen MR) is 100 cm³/mol. The van der Waals surface area contributed by atoms with Crippen molar-refractivity contribution in [2.75, 3.05) is 6.61 Å². The molecule has 0 saturated carbocycles. The summed E-state index contributed by atoms with van der Waals surface area (Å²) in [6, 6.07) is 9.37. The summed E-state index contributed by atoms with van der Waals surface area (Å²) in [6.45, 7) is 7.12. The zero-order chi connectivity index (χ0) is 20.0. The fraction of sp³-hybridized carbons (Fsp3) is 0.500. The van der Waals surface area contributed by atoms with Gasteiger partial charge < -0.3 is 19.9 Å². The number of hydrogen-bond acceptors (Lipinski definition) is 6. The van der Waals surface area contributed by atoms with Gasteiger partial charge in [0.1, 0.15) is 11.9 Å². The van der Waals surface area contributed by atoms with E-state index in [2.05, 4.69) is 0 Å². The van der Waals surface area contributed by atoms with E-state index in [4.69, 9.17) is 19.9 Å². The average Bonchev–Trinajstić information content (AvgIpc) is 3.05. The van der Waals surface area contributed by atoms with Crippen LogP contribution < -0.4 is 5.73 Å². The van der Waals surface area contributed by atoms with Crippen LogP contribution in [-0.2, 0) is 25.4 Å². The lowest BCUT2D eigenvalue weighted by Crippen LogP contribution is -2.50. The minimum absolute atomic E-state index is 0.00809. The highest BCUT2D eigenvalue weighted by molar-refractivity contribution is 5.92. The van der Waals surface area contributed by atoms with E-state index in [1.807, 2.05) is 30.3 Å². The third-order valence-electron chi connectivity index (χ3n) is 3.88. The number of nitrogens with zero attached hydrogens (tertiary/aromatic N) is 1. The molecule has 1 aromatic rings. The van der Waals surface area contributed by atoms with Gasteiger partial charge in [0.05, 0.1) is 12.6 Å². The Morgan fingerprint density at radius 3 is 2.52 bits per heavy atom. The normalized spacial score (nSPS) is 17.7. The molecular formula is C20H28N2O5. The Balaban J connectivity index is 2.13. The summed E-state index contributed by atoms with van der Waals surface area (Å²) in [5, 5.41) is 0. The number of rotatable bonds is 6. The van der Waals surface area contributed by atoms with Crippen molar-refractivity contribution in [3.8, 4) is 0 Å². The lowest BCUT2D eigenvalue weighted by molar-refractivity contribution is -0.140. The molecule has 7 heteroatoms. The van der Waals surface area contributed by atoms with Gasteiger partial charge in [0.25, 0.3) is 0 Å². The van der Waals surface area contributed by atoms with Gasteiger partial charge >= 0.3 is 12.1 Å². The second-order valence-corrected chi connectivity index (χ2v) is 7.29.